The molecule has 2 heterocycles. The Morgan fingerprint density at radius 2 is 1.76 bits per heavy atom. The molecule has 6 heteroatoms. The van der Waals surface area contributed by atoms with Crippen LogP contribution >= 0.6 is 0 Å². The van der Waals surface area contributed by atoms with E-state index in [0.29, 0.717) is 30.8 Å². The van der Waals surface area contributed by atoms with E-state index in [9.17, 15) is 8.42 Å². The summed E-state index contributed by atoms with van der Waals surface area (Å²) >= 11 is 0. The van der Waals surface area contributed by atoms with Gasteiger partial charge in [0.2, 0.25) is 10.0 Å². The first-order valence-electron chi connectivity index (χ1n) is 8.53. The first-order valence-corrected chi connectivity index (χ1v) is 9.97. The number of hydrogen-bond acceptors (Lipinski definition) is 4. The zero-order valence-corrected chi connectivity index (χ0v) is 15.7. The average molecular weight is 360 g/mol. The minimum Gasteiger partial charge on any atom is -0.489 e. The molecule has 1 fully saturated rings. The number of ether oxygens (including phenoxy) is 1. The van der Waals surface area contributed by atoms with Crippen molar-refractivity contribution in [3.8, 4) is 5.75 Å². The Labute approximate surface area is 149 Å². The van der Waals surface area contributed by atoms with E-state index in [1.807, 2.05) is 39.0 Å². The lowest BCUT2D eigenvalue weighted by Gasteiger charge is -2.31. The number of nitrogens with zero attached hydrogens (tertiary/aromatic N) is 2. The van der Waals surface area contributed by atoms with E-state index < -0.39 is 10.0 Å². The summed E-state index contributed by atoms with van der Waals surface area (Å²) in [6, 6.07) is 9.13. The molecule has 0 radical (unpaired) electrons. The number of sulfonamides is 1. The van der Waals surface area contributed by atoms with Crippen molar-refractivity contribution in [2.45, 2.75) is 44.6 Å². The van der Waals surface area contributed by atoms with Crippen LogP contribution in [0.5, 0.6) is 5.75 Å². The molecule has 1 aromatic heterocycles. The van der Waals surface area contributed by atoms with Gasteiger partial charge in [0.25, 0.3) is 0 Å². The molecule has 0 amide bonds. The number of piperidine rings is 1. The number of pyridine rings is 1. The van der Waals surface area contributed by atoms with Crippen LogP contribution in [-0.2, 0) is 10.0 Å². The highest BCUT2D eigenvalue weighted by Gasteiger charge is 2.30. The van der Waals surface area contributed by atoms with Crippen molar-refractivity contribution in [3.05, 3.63) is 53.3 Å². The summed E-state index contributed by atoms with van der Waals surface area (Å²) in [6.45, 7) is 6.79. The van der Waals surface area contributed by atoms with Crippen LogP contribution in [0.15, 0.2) is 41.4 Å². The molecule has 1 aliphatic heterocycles. The van der Waals surface area contributed by atoms with Crippen molar-refractivity contribution in [1.82, 2.24) is 9.29 Å². The molecular weight excluding hydrogens is 336 g/mol. The van der Waals surface area contributed by atoms with Gasteiger partial charge in [-0.3, -0.25) is 4.98 Å². The van der Waals surface area contributed by atoms with Gasteiger partial charge in [0, 0.05) is 18.8 Å². The molecule has 0 unspecified atom stereocenters. The van der Waals surface area contributed by atoms with Gasteiger partial charge >= 0.3 is 0 Å². The Morgan fingerprint density at radius 1 is 1.04 bits per heavy atom. The number of aromatic nitrogens is 1. The standard InChI is InChI=1S/C19H24N2O3S/c1-14-4-7-19(12-15(14)2)25(22,23)21-10-8-17(9-11-21)24-18-6-5-16(3)20-13-18/h4-7,12-13,17H,8-11H2,1-3H3. The molecule has 5 nitrogen and oxygen atoms in total. The van der Waals surface area contributed by atoms with Gasteiger partial charge in [0.05, 0.1) is 11.1 Å². The third-order valence-electron chi connectivity index (χ3n) is 4.70. The molecule has 0 bridgehead atoms. The van der Waals surface area contributed by atoms with Crippen LogP contribution in [0.4, 0.5) is 0 Å². The quantitative estimate of drug-likeness (QED) is 0.840. The maximum atomic E-state index is 12.8. The molecule has 1 aliphatic rings. The molecule has 0 atom stereocenters. The predicted molar refractivity (Wildman–Crippen MR) is 97.3 cm³/mol. The van der Waals surface area contributed by atoms with Gasteiger partial charge in [-0.25, -0.2) is 8.42 Å². The summed E-state index contributed by atoms with van der Waals surface area (Å²) in [4.78, 5) is 4.60. The second-order valence-electron chi connectivity index (χ2n) is 6.60. The molecule has 0 N–H and O–H groups in total. The average Bonchev–Trinajstić information content (AvgIpc) is 2.60. The molecule has 134 valence electrons. The zero-order chi connectivity index (χ0) is 18.0. The van der Waals surface area contributed by atoms with Crippen molar-refractivity contribution >= 4 is 10.0 Å². The summed E-state index contributed by atoms with van der Waals surface area (Å²) in [5.41, 5.74) is 3.03. The van der Waals surface area contributed by atoms with Crippen LogP contribution in [0, 0.1) is 20.8 Å². The van der Waals surface area contributed by atoms with E-state index in [0.717, 1.165) is 22.6 Å². The zero-order valence-electron chi connectivity index (χ0n) is 14.9. The molecular formula is C19H24N2O3S. The lowest BCUT2D eigenvalue weighted by atomic mass is 10.1. The first-order chi connectivity index (χ1) is 11.9. The van der Waals surface area contributed by atoms with Gasteiger partial charge in [0.1, 0.15) is 11.9 Å². The van der Waals surface area contributed by atoms with Crippen LogP contribution in [0.3, 0.4) is 0 Å². The summed E-state index contributed by atoms with van der Waals surface area (Å²) in [5.74, 6) is 0.737. The monoisotopic (exact) mass is 360 g/mol. The van der Waals surface area contributed by atoms with Crippen molar-refractivity contribution in [2.75, 3.05) is 13.1 Å². The summed E-state index contributed by atoms with van der Waals surface area (Å²) in [5, 5.41) is 0. The number of benzene rings is 1. The van der Waals surface area contributed by atoms with Gasteiger partial charge in [-0.05, 0) is 69.0 Å². The van der Waals surface area contributed by atoms with Crippen LogP contribution < -0.4 is 4.74 Å². The Morgan fingerprint density at radius 3 is 2.36 bits per heavy atom. The third-order valence-corrected chi connectivity index (χ3v) is 6.60. The summed E-state index contributed by atoms with van der Waals surface area (Å²) in [7, 11) is -3.44. The third kappa shape index (κ3) is 4.02. The van der Waals surface area contributed by atoms with E-state index in [1.165, 1.54) is 0 Å². The maximum Gasteiger partial charge on any atom is 0.243 e. The molecule has 3 rings (SSSR count). The molecule has 0 saturated carbocycles. The fourth-order valence-corrected chi connectivity index (χ4v) is 4.49. The number of rotatable bonds is 4. The van der Waals surface area contributed by atoms with Crippen LogP contribution in [0.25, 0.3) is 0 Å². The minimum absolute atomic E-state index is 0.0238. The first kappa shape index (κ1) is 17.9. The van der Waals surface area contributed by atoms with Gasteiger partial charge in [-0.2, -0.15) is 4.31 Å². The van der Waals surface area contributed by atoms with Crippen molar-refractivity contribution in [3.63, 3.8) is 0 Å². The Bertz CT molecular complexity index is 839. The molecule has 1 saturated heterocycles. The van der Waals surface area contributed by atoms with E-state index in [4.69, 9.17) is 4.74 Å². The molecule has 1 aromatic carbocycles. The normalized spacial score (nSPS) is 16.8. The van der Waals surface area contributed by atoms with Gasteiger partial charge in [-0.1, -0.05) is 6.07 Å². The smallest absolute Gasteiger partial charge is 0.243 e. The fraction of sp³-hybridized carbons (Fsp3) is 0.421. The van der Waals surface area contributed by atoms with Crippen LogP contribution in [0.2, 0.25) is 0 Å². The Balaban J connectivity index is 1.64. The second-order valence-corrected chi connectivity index (χ2v) is 8.54. The molecule has 0 spiro atoms. The SMILES string of the molecule is Cc1ccc(OC2CCN(S(=O)(=O)c3ccc(C)c(C)c3)CC2)cn1. The largest absolute Gasteiger partial charge is 0.489 e. The lowest BCUT2D eigenvalue weighted by molar-refractivity contribution is 0.134. The van der Waals surface area contributed by atoms with Gasteiger partial charge in [0.15, 0.2) is 0 Å². The number of hydrogen-bond donors (Lipinski definition) is 0. The fourth-order valence-electron chi connectivity index (χ4n) is 2.93. The van der Waals surface area contributed by atoms with Crippen molar-refractivity contribution in [1.29, 1.82) is 0 Å². The molecule has 2 aromatic rings. The van der Waals surface area contributed by atoms with E-state index in [1.54, 1.807) is 22.6 Å². The minimum atomic E-state index is -3.44. The Hall–Kier alpha value is -1.92. The van der Waals surface area contributed by atoms with Crippen LogP contribution in [-0.4, -0.2) is 36.9 Å². The van der Waals surface area contributed by atoms with E-state index >= 15 is 0 Å². The second kappa shape index (κ2) is 7.14. The molecule has 25 heavy (non-hydrogen) atoms. The van der Waals surface area contributed by atoms with Gasteiger partial charge < -0.3 is 4.74 Å². The van der Waals surface area contributed by atoms with Gasteiger partial charge in [-0.15, -0.1) is 0 Å². The highest BCUT2D eigenvalue weighted by molar-refractivity contribution is 7.89. The van der Waals surface area contributed by atoms with Crippen LogP contribution in [0.1, 0.15) is 29.7 Å². The van der Waals surface area contributed by atoms with Crippen molar-refractivity contribution in [2.24, 2.45) is 0 Å². The summed E-state index contributed by atoms with van der Waals surface area (Å²) < 4.78 is 33.1. The number of aryl methyl sites for hydroxylation is 3. The summed E-state index contributed by atoms with van der Waals surface area (Å²) in [6.07, 6.45) is 3.10. The predicted octanol–water partition coefficient (Wildman–Crippen LogP) is 3.24. The topological polar surface area (TPSA) is 59.5 Å². The van der Waals surface area contributed by atoms with E-state index in [-0.39, 0.29) is 6.10 Å². The lowest BCUT2D eigenvalue weighted by Crippen LogP contribution is -2.41. The Kier molecular flexibility index (Phi) is 5.11. The highest BCUT2D eigenvalue weighted by atomic mass is 32.2. The van der Waals surface area contributed by atoms with Crippen molar-refractivity contribution < 1.29 is 13.2 Å². The molecule has 0 aliphatic carbocycles. The van der Waals surface area contributed by atoms with E-state index in [2.05, 4.69) is 4.98 Å². The highest BCUT2D eigenvalue weighted by Crippen LogP contribution is 2.24. The maximum absolute atomic E-state index is 12.8.